The van der Waals surface area contributed by atoms with Crippen molar-refractivity contribution in [1.82, 2.24) is 14.8 Å². The molecule has 0 aliphatic heterocycles. The molecule has 0 saturated carbocycles. The van der Waals surface area contributed by atoms with Crippen molar-refractivity contribution in [3.8, 4) is 16.9 Å². The predicted molar refractivity (Wildman–Crippen MR) is 123 cm³/mol. The van der Waals surface area contributed by atoms with Gasteiger partial charge in [0.25, 0.3) is 5.56 Å². The highest BCUT2D eigenvalue weighted by molar-refractivity contribution is 6.32. The molecule has 0 saturated heterocycles. The van der Waals surface area contributed by atoms with Gasteiger partial charge in [-0.2, -0.15) is 18.3 Å². The van der Waals surface area contributed by atoms with E-state index in [9.17, 15) is 22.8 Å². The van der Waals surface area contributed by atoms with Crippen molar-refractivity contribution in [2.75, 3.05) is 0 Å². The number of aromatic nitrogens is 3. The monoisotopic (exact) mass is 509 g/mol. The van der Waals surface area contributed by atoms with Crippen LogP contribution in [0.15, 0.2) is 35.3 Å². The lowest BCUT2D eigenvalue weighted by atomic mass is 9.97. The van der Waals surface area contributed by atoms with Gasteiger partial charge in [-0.15, -0.1) is 0 Å². The van der Waals surface area contributed by atoms with Crippen LogP contribution in [0.4, 0.5) is 17.6 Å². The lowest BCUT2D eigenvalue weighted by molar-refractivity contribution is -0.141. The van der Waals surface area contributed by atoms with Crippen molar-refractivity contribution < 1.29 is 27.1 Å². The van der Waals surface area contributed by atoms with E-state index >= 15 is 4.39 Å². The number of rotatable bonds is 5. The molecule has 0 fully saturated rings. The van der Waals surface area contributed by atoms with E-state index in [0.29, 0.717) is 0 Å². The van der Waals surface area contributed by atoms with Gasteiger partial charge < -0.3 is 4.74 Å². The standard InChI is InChI=1S/C24H20ClF4N3O3/c1-12(2)23(34)35-21-13(3)31-32(4)22(33)20(21)19-15(16(25)8-9-17(19)26)7-5-14-6-10-18(30-11-14)24(27,28)29/h5-12H,1-4H3/b7-5+. The van der Waals surface area contributed by atoms with Crippen LogP contribution in [0.3, 0.4) is 0 Å². The molecule has 0 bridgehead atoms. The van der Waals surface area contributed by atoms with Crippen LogP contribution in [0.25, 0.3) is 23.3 Å². The Labute approximate surface area is 202 Å². The molecule has 35 heavy (non-hydrogen) atoms. The average Bonchev–Trinajstić information content (AvgIpc) is 2.78. The van der Waals surface area contributed by atoms with Crippen LogP contribution in [-0.4, -0.2) is 20.7 Å². The number of nitrogens with zero attached hydrogens (tertiary/aromatic N) is 3. The zero-order valence-corrected chi connectivity index (χ0v) is 19.8. The quantitative estimate of drug-likeness (QED) is 0.326. The van der Waals surface area contributed by atoms with Crippen LogP contribution in [0.2, 0.25) is 5.02 Å². The van der Waals surface area contributed by atoms with Crippen LogP contribution in [0.1, 0.15) is 36.4 Å². The summed E-state index contributed by atoms with van der Waals surface area (Å²) in [6.07, 6.45) is -0.883. The highest BCUT2D eigenvalue weighted by Crippen LogP contribution is 2.38. The predicted octanol–water partition coefficient (Wildman–Crippen LogP) is 5.69. The SMILES string of the molecule is Cc1nn(C)c(=O)c(-c2c(F)ccc(Cl)c2/C=C/c2ccc(C(F)(F)F)nc2)c1OC(=O)C(C)C. The van der Waals surface area contributed by atoms with E-state index in [1.807, 2.05) is 0 Å². The summed E-state index contributed by atoms with van der Waals surface area (Å²) in [7, 11) is 1.36. The molecular weight excluding hydrogens is 490 g/mol. The number of hydrogen-bond acceptors (Lipinski definition) is 5. The van der Waals surface area contributed by atoms with Crippen molar-refractivity contribution >= 4 is 29.7 Å². The van der Waals surface area contributed by atoms with Gasteiger partial charge >= 0.3 is 12.1 Å². The van der Waals surface area contributed by atoms with Crippen molar-refractivity contribution in [3.05, 3.63) is 74.2 Å². The summed E-state index contributed by atoms with van der Waals surface area (Å²) in [6.45, 7) is 4.69. The summed E-state index contributed by atoms with van der Waals surface area (Å²) < 4.78 is 59.9. The fraction of sp³-hybridized carbons (Fsp3) is 0.250. The topological polar surface area (TPSA) is 74.1 Å². The first-order chi connectivity index (χ1) is 16.3. The fourth-order valence-corrected chi connectivity index (χ4v) is 3.38. The third-order valence-electron chi connectivity index (χ3n) is 4.95. The molecule has 1 aromatic carbocycles. The van der Waals surface area contributed by atoms with E-state index in [2.05, 4.69) is 10.1 Å². The molecule has 6 nitrogen and oxygen atoms in total. The second kappa shape index (κ2) is 9.99. The highest BCUT2D eigenvalue weighted by Gasteiger charge is 2.32. The highest BCUT2D eigenvalue weighted by atomic mass is 35.5. The van der Waals surface area contributed by atoms with E-state index in [4.69, 9.17) is 16.3 Å². The van der Waals surface area contributed by atoms with Gasteiger partial charge in [0.1, 0.15) is 17.2 Å². The van der Waals surface area contributed by atoms with E-state index in [1.54, 1.807) is 13.8 Å². The molecule has 184 valence electrons. The van der Waals surface area contributed by atoms with Crippen molar-refractivity contribution in [3.63, 3.8) is 0 Å². The molecule has 2 aromatic heterocycles. The Morgan fingerprint density at radius 1 is 1.14 bits per heavy atom. The first-order valence-electron chi connectivity index (χ1n) is 10.3. The summed E-state index contributed by atoms with van der Waals surface area (Å²) in [5.41, 5.74) is -1.82. The lowest BCUT2D eigenvalue weighted by Gasteiger charge is -2.17. The smallest absolute Gasteiger partial charge is 0.423 e. The van der Waals surface area contributed by atoms with Gasteiger partial charge in [0.05, 0.1) is 11.5 Å². The molecule has 11 heteroatoms. The summed E-state index contributed by atoms with van der Waals surface area (Å²) in [6, 6.07) is 4.31. The lowest BCUT2D eigenvalue weighted by Crippen LogP contribution is -2.26. The average molecular weight is 510 g/mol. The van der Waals surface area contributed by atoms with E-state index in [0.717, 1.165) is 23.0 Å². The first-order valence-corrected chi connectivity index (χ1v) is 10.7. The minimum Gasteiger partial charge on any atom is -0.423 e. The molecule has 0 radical (unpaired) electrons. The number of ether oxygens (including phenoxy) is 1. The van der Waals surface area contributed by atoms with Crippen LogP contribution < -0.4 is 10.3 Å². The minimum absolute atomic E-state index is 0.0511. The molecule has 0 aliphatic carbocycles. The molecule has 0 atom stereocenters. The summed E-state index contributed by atoms with van der Waals surface area (Å²) >= 11 is 6.33. The Balaban J connectivity index is 2.21. The number of pyridine rings is 1. The number of carbonyl (C=O) groups is 1. The maximum absolute atomic E-state index is 15.2. The van der Waals surface area contributed by atoms with Crippen LogP contribution in [0, 0.1) is 18.7 Å². The summed E-state index contributed by atoms with van der Waals surface area (Å²) in [4.78, 5) is 28.8. The number of aryl methyl sites for hydroxylation is 2. The molecule has 2 heterocycles. The van der Waals surface area contributed by atoms with Crippen LogP contribution in [0.5, 0.6) is 5.75 Å². The number of carbonyl (C=O) groups excluding carboxylic acids is 1. The summed E-state index contributed by atoms with van der Waals surface area (Å²) in [5.74, 6) is -2.23. The molecule has 3 rings (SSSR count). The Hall–Kier alpha value is -3.53. The number of alkyl halides is 3. The number of esters is 1. The summed E-state index contributed by atoms with van der Waals surface area (Å²) in [5, 5.41) is 4.08. The van der Waals surface area contributed by atoms with E-state index < -0.39 is 35.1 Å². The molecule has 0 amide bonds. The maximum Gasteiger partial charge on any atom is 0.433 e. The third kappa shape index (κ3) is 5.59. The maximum atomic E-state index is 15.2. The number of halogens is 5. The Morgan fingerprint density at radius 3 is 2.40 bits per heavy atom. The van der Waals surface area contributed by atoms with Gasteiger partial charge in [0.2, 0.25) is 0 Å². The molecule has 3 aromatic rings. The van der Waals surface area contributed by atoms with Gasteiger partial charge in [0.15, 0.2) is 5.75 Å². The zero-order chi connectivity index (χ0) is 26.1. The molecular formula is C24H20ClF4N3O3. The van der Waals surface area contributed by atoms with Gasteiger partial charge in [-0.05, 0) is 30.7 Å². The molecule has 0 spiro atoms. The second-order valence-electron chi connectivity index (χ2n) is 7.92. The molecule has 0 aliphatic rings. The van der Waals surface area contributed by atoms with Gasteiger partial charge in [-0.25, -0.2) is 9.07 Å². The number of hydrogen-bond donors (Lipinski definition) is 0. The first kappa shape index (κ1) is 26.1. The Kier molecular flexibility index (Phi) is 7.44. The Morgan fingerprint density at radius 2 is 1.83 bits per heavy atom. The third-order valence-corrected chi connectivity index (χ3v) is 5.28. The number of benzene rings is 1. The van der Waals surface area contributed by atoms with Crippen LogP contribution in [-0.2, 0) is 18.0 Å². The van der Waals surface area contributed by atoms with Crippen molar-refractivity contribution in [1.29, 1.82) is 0 Å². The molecule has 0 unspecified atom stereocenters. The second-order valence-corrected chi connectivity index (χ2v) is 8.33. The zero-order valence-electron chi connectivity index (χ0n) is 19.1. The van der Waals surface area contributed by atoms with E-state index in [-0.39, 0.29) is 38.7 Å². The fourth-order valence-electron chi connectivity index (χ4n) is 3.16. The Bertz CT molecular complexity index is 1360. The van der Waals surface area contributed by atoms with Gasteiger partial charge in [-0.1, -0.05) is 43.7 Å². The normalized spacial score (nSPS) is 11.9. The van der Waals surface area contributed by atoms with Crippen molar-refractivity contribution in [2.24, 2.45) is 13.0 Å². The minimum atomic E-state index is -4.59. The largest absolute Gasteiger partial charge is 0.433 e. The van der Waals surface area contributed by atoms with Gasteiger partial charge in [0, 0.05) is 29.4 Å². The molecule has 0 N–H and O–H groups in total. The van der Waals surface area contributed by atoms with Crippen LogP contribution >= 0.6 is 11.6 Å². The van der Waals surface area contributed by atoms with Crippen molar-refractivity contribution in [2.45, 2.75) is 26.9 Å². The van der Waals surface area contributed by atoms with E-state index in [1.165, 1.54) is 38.3 Å². The van der Waals surface area contributed by atoms with Gasteiger partial charge in [-0.3, -0.25) is 14.6 Å².